The first-order valence-corrected chi connectivity index (χ1v) is 7.90. The highest BCUT2D eigenvalue weighted by Crippen LogP contribution is 2.29. The van der Waals surface area contributed by atoms with Gasteiger partial charge in [0.05, 0.1) is 0 Å². The molecular weight excluding hydrogens is 308 g/mol. The van der Waals surface area contributed by atoms with Gasteiger partial charge in [-0.1, -0.05) is 30.3 Å². The predicted octanol–water partition coefficient (Wildman–Crippen LogP) is 2.22. The summed E-state index contributed by atoms with van der Waals surface area (Å²) in [5.41, 5.74) is -1.20. The van der Waals surface area contributed by atoms with Crippen molar-refractivity contribution >= 4 is 17.9 Å². The topological polar surface area (TPSA) is 66.9 Å². The smallest absolute Gasteiger partial charge is 0.418 e. The van der Waals surface area contributed by atoms with Gasteiger partial charge in [0.2, 0.25) is 5.91 Å². The number of nitrogens with zero attached hydrogens (tertiary/aromatic N) is 2. The molecule has 1 saturated heterocycles. The Labute approximate surface area is 142 Å². The average molecular weight is 332 g/mol. The van der Waals surface area contributed by atoms with Crippen molar-refractivity contribution < 1.29 is 19.1 Å². The Balaban J connectivity index is 2.41. The molecule has 24 heavy (non-hydrogen) atoms. The molecule has 1 atom stereocenters. The minimum atomic E-state index is -1.31. The molecule has 0 bridgehead atoms. The number of ether oxygens (including phenoxy) is 1. The number of rotatable bonds is 2. The second-order valence-electron chi connectivity index (χ2n) is 7.31. The highest BCUT2D eigenvalue weighted by atomic mass is 16.6. The maximum atomic E-state index is 12.8. The summed E-state index contributed by atoms with van der Waals surface area (Å²) >= 11 is 0. The SMILES string of the molecule is CN1CC(=O)N(C(=O)OC(C)(C)C)[C@@](C)(Cc2ccccc2)C1=O. The van der Waals surface area contributed by atoms with Crippen LogP contribution >= 0.6 is 0 Å². The van der Waals surface area contributed by atoms with Crippen LogP contribution in [0.3, 0.4) is 0 Å². The lowest BCUT2D eigenvalue weighted by Gasteiger charge is -2.45. The molecule has 2 rings (SSSR count). The van der Waals surface area contributed by atoms with E-state index in [1.165, 1.54) is 4.90 Å². The number of benzene rings is 1. The fourth-order valence-electron chi connectivity index (χ4n) is 2.89. The summed E-state index contributed by atoms with van der Waals surface area (Å²) in [6, 6.07) is 9.32. The molecule has 3 amide bonds. The van der Waals surface area contributed by atoms with Crippen LogP contribution in [0.5, 0.6) is 0 Å². The molecule has 0 radical (unpaired) electrons. The van der Waals surface area contributed by atoms with Crippen molar-refractivity contribution in [1.82, 2.24) is 9.80 Å². The molecule has 0 unspecified atom stereocenters. The first-order chi connectivity index (χ1) is 11.0. The number of carbonyl (C=O) groups is 3. The molecular formula is C18H24N2O4. The van der Waals surface area contributed by atoms with Gasteiger partial charge < -0.3 is 9.64 Å². The summed E-state index contributed by atoms with van der Waals surface area (Å²) in [6.45, 7) is 6.65. The number of imide groups is 1. The number of amides is 3. The maximum absolute atomic E-state index is 12.8. The Bertz CT molecular complexity index is 651. The third kappa shape index (κ3) is 3.58. The van der Waals surface area contributed by atoms with Gasteiger partial charge in [-0.25, -0.2) is 9.69 Å². The third-order valence-corrected chi connectivity index (χ3v) is 3.89. The van der Waals surface area contributed by atoms with Gasteiger partial charge in [0.15, 0.2) is 0 Å². The summed E-state index contributed by atoms with van der Waals surface area (Å²) in [7, 11) is 1.57. The molecule has 0 N–H and O–H groups in total. The van der Waals surface area contributed by atoms with Crippen LogP contribution in [0.25, 0.3) is 0 Å². The molecule has 0 aromatic heterocycles. The Kier molecular flexibility index (Phi) is 4.69. The van der Waals surface area contributed by atoms with E-state index in [1.54, 1.807) is 34.7 Å². The molecule has 1 aromatic carbocycles. The first-order valence-electron chi connectivity index (χ1n) is 7.90. The second-order valence-corrected chi connectivity index (χ2v) is 7.31. The van der Waals surface area contributed by atoms with Gasteiger partial charge in [-0.15, -0.1) is 0 Å². The Hall–Kier alpha value is -2.37. The normalized spacial score (nSPS) is 21.9. The number of hydrogen-bond donors (Lipinski definition) is 0. The molecule has 6 nitrogen and oxygen atoms in total. The van der Waals surface area contributed by atoms with Crippen molar-refractivity contribution in [1.29, 1.82) is 0 Å². The average Bonchev–Trinajstić information content (AvgIpc) is 2.44. The molecule has 1 heterocycles. The highest BCUT2D eigenvalue weighted by Gasteiger charge is 2.52. The number of likely N-dealkylation sites (N-methyl/N-ethyl adjacent to an activating group) is 1. The van der Waals surface area contributed by atoms with Crippen molar-refractivity contribution in [3.8, 4) is 0 Å². The van der Waals surface area contributed by atoms with Gasteiger partial charge >= 0.3 is 6.09 Å². The minimum Gasteiger partial charge on any atom is -0.443 e. The van der Waals surface area contributed by atoms with Crippen molar-refractivity contribution in [2.45, 2.75) is 45.3 Å². The molecule has 1 fully saturated rings. The van der Waals surface area contributed by atoms with E-state index < -0.39 is 23.1 Å². The van der Waals surface area contributed by atoms with Crippen LogP contribution in [-0.2, 0) is 20.7 Å². The zero-order valence-corrected chi connectivity index (χ0v) is 14.8. The van der Waals surface area contributed by atoms with E-state index in [0.29, 0.717) is 0 Å². The van der Waals surface area contributed by atoms with Crippen LogP contribution in [0, 0.1) is 0 Å². The van der Waals surface area contributed by atoms with Crippen LogP contribution in [-0.4, -0.2) is 52.4 Å². The van der Waals surface area contributed by atoms with E-state index in [-0.39, 0.29) is 18.9 Å². The van der Waals surface area contributed by atoms with Crippen molar-refractivity contribution in [3.63, 3.8) is 0 Å². The van der Waals surface area contributed by atoms with Crippen molar-refractivity contribution in [2.24, 2.45) is 0 Å². The molecule has 0 saturated carbocycles. The summed E-state index contributed by atoms with van der Waals surface area (Å²) < 4.78 is 5.36. The lowest BCUT2D eigenvalue weighted by molar-refractivity contribution is -0.160. The fraction of sp³-hybridized carbons (Fsp3) is 0.500. The third-order valence-electron chi connectivity index (χ3n) is 3.89. The lowest BCUT2D eigenvalue weighted by atomic mass is 9.87. The van der Waals surface area contributed by atoms with E-state index in [1.807, 2.05) is 30.3 Å². The van der Waals surface area contributed by atoms with Gasteiger partial charge in [0.25, 0.3) is 5.91 Å². The molecule has 0 spiro atoms. The van der Waals surface area contributed by atoms with E-state index in [2.05, 4.69) is 0 Å². The number of piperazine rings is 1. The largest absolute Gasteiger partial charge is 0.443 e. The first kappa shape index (κ1) is 18.0. The Morgan fingerprint density at radius 1 is 1.21 bits per heavy atom. The van der Waals surface area contributed by atoms with Gasteiger partial charge in [0.1, 0.15) is 17.7 Å². The zero-order chi connectivity index (χ0) is 18.1. The summed E-state index contributed by atoms with van der Waals surface area (Å²) in [6.07, 6.45) is -0.547. The van der Waals surface area contributed by atoms with Gasteiger partial charge in [0, 0.05) is 13.5 Å². The Morgan fingerprint density at radius 3 is 2.33 bits per heavy atom. The molecule has 6 heteroatoms. The van der Waals surface area contributed by atoms with Crippen molar-refractivity contribution in [2.75, 3.05) is 13.6 Å². The summed E-state index contributed by atoms with van der Waals surface area (Å²) in [5.74, 6) is -0.721. The van der Waals surface area contributed by atoms with E-state index >= 15 is 0 Å². The number of carbonyl (C=O) groups excluding carboxylic acids is 3. The lowest BCUT2D eigenvalue weighted by Crippen LogP contribution is -2.68. The monoisotopic (exact) mass is 332 g/mol. The predicted molar refractivity (Wildman–Crippen MR) is 89.3 cm³/mol. The molecule has 130 valence electrons. The van der Waals surface area contributed by atoms with E-state index in [9.17, 15) is 14.4 Å². The van der Waals surface area contributed by atoms with Crippen LogP contribution in [0.15, 0.2) is 30.3 Å². The quantitative estimate of drug-likeness (QED) is 0.833. The van der Waals surface area contributed by atoms with Crippen LogP contribution < -0.4 is 0 Å². The number of hydrogen-bond acceptors (Lipinski definition) is 4. The van der Waals surface area contributed by atoms with Crippen LogP contribution in [0.1, 0.15) is 33.3 Å². The second kappa shape index (κ2) is 6.26. The summed E-state index contributed by atoms with van der Waals surface area (Å²) in [5, 5.41) is 0. The molecule has 1 aliphatic rings. The maximum Gasteiger partial charge on any atom is 0.418 e. The molecule has 0 aliphatic carbocycles. The van der Waals surface area contributed by atoms with E-state index in [0.717, 1.165) is 10.5 Å². The standard InChI is InChI=1S/C18H24N2O4/c1-17(2,3)24-16(23)20-14(21)12-19(5)15(22)18(20,4)11-13-9-7-6-8-10-13/h6-10H,11-12H2,1-5H3/t18-/m0/s1. The Morgan fingerprint density at radius 2 is 1.79 bits per heavy atom. The van der Waals surface area contributed by atoms with E-state index in [4.69, 9.17) is 4.74 Å². The van der Waals surface area contributed by atoms with Gasteiger partial charge in [-0.2, -0.15) is 0 Å². The van der Waals surface area contributed by atoms with Crippen molar-refractivity contribution in [3.05, 3.63) is 35.9 Å². The van der Waals surface area contributed by atoms with Crippen LogP contribution in [0.4, 0.5) is 4.79 Å². The molecule has 1 aromatic rings. The molecule has 1 aliphatic heterocycles. The fourth-order valence-corrected chi connectivity index (χ4v) is 2.89. The van der Waals surface area contributed by atoms with Crippen LogP contribution in [0.2, 0.25) is 0 Å². The highest BCUT2D eigenvalue weighted by molar-refractivity contribution is 6.05. The minimum absolute atomic E-state index is 0.136. The van der Waals surface area contributed by atoms with Gasteiger partial charge in [-0.05, 0) is 33.3 Å². The zero-order valence-electron chi connectivity index (χ0n) is 14.8. The van der Waals surface area contributed by atoms with Gasteiger partial charge in [-0.3, -0.25) is 9.59 Å². The summed E-state index contributed by atoms with van der Waals surface area (Å²) in [4.78, 5) is 40.2.